The first-order chi connectivity index (χ1) is 6.63. The van der Waals surface area contributed by atoms with E-state index in [2.05, 4.69) is 0 Å². The molecule has 14 heavy (non-hydrogen) atoms. The summed E-state index contributed by atoms with van der Waals surface area (Å²) in [6.45, 7) is 3.28. The van der Waals surface area contributed by atoms with E-state index in [0.29, 0.717) is 0 Å². The second-order valence-electron chi connectivity index (χ2n) is 3.58. The van der Waals surface area contributed by atoms with E-state index in [4.69, 9.17) is 18.9 Å². The molecule has 0 unspecified atom stereocenters. The molecule has 0 N–H and O–H groups in total. The number of hydrogen-bond acceptors (Lipinski definition) is 5. The SMILES string of the molecule is CO[C@@H]1O[C@H](C)[C@H]2O[C@H]2[C@@H]1OC(C)=O. The third-order valence-corrected chi connectivity index (χ3v) is 2.50. The molecule has 0 aromatic rings. The Bertz CT molecular complexity index is 241. The summed E-state index contributed by atoms with van der Waals surface area (Å²) in [6, 6.07) is 0. The Kier molecular flexibility index (Phi) is 2.47. The highest BCUT2D eigenvalue weighted by Gasteiger charge is 2.58. The Morgan fingerprint density at radius 3 is 2.57 bits per heavy atom. The van der Waals surface area contributed by atoms with E-state index in [1.807, 2.05) is 6.92 Å². The van der Waals surface area contributed by atoms with Crippen molar-refractivity contribution in [1.82, 2.24) is 0 Å². The second kappa shape index (κ2) is 3.49. The van der Waals surface area contributed by atoms with Crippen LogP contribution < -0.4 is 0 Å². The van der Waals surface area contributed by atoms with Crippen LogP contribution in [0.4, 0.5) is 0 Å². The summed E-state index contributed by atoms with van der Waals surface area (Å²) in [7, 11) is 1.52. The topological polar surface area (TPSA) is 57.3 Å². The third-order valence-electron chi connectivity index (χ3n) is 2.50. The lowest BCUT2D eigenvalue weighted by molar-refractivity contribution is -0.225. The van der Waals surface area contributed by atoms with Crippen LogP contribution in [-0.4, -0.2) is 43.8 Å². The van der Waals surface area contributed by atoms with Crippen molar-refractivity contribution in [2.45, 2.75) is 44.6 Å². The van der Waals surface area contributed by atoms with Gasteiger partial charge < -0.3 is 18.9 Å². The molecule has 0 amide bonds. The van der Waals surface area contributed by atoms with E-state index in [1.165, 1.54) is 14.0 Å². The highest BCUT2D eigenvalue weighted by Crippen LogP contribution is 2.38. The van der Waals surface area contributed by atoms with E-state index in [-0.39, 0.29) is 24.3 Å². The van der Waals surface area contributed by atoms with Crippen LogP contribution in [0.5, 0.6) is 0 Å². The zero-order valence-corrected chi connectivity index (χ0v) is 8.43. The first-order valence-electron chi connectivity index (χ1n) is 4.64. The summed E-state index contributed by atoms with van der Waals surface area (Å²) in [4.78, 5) is 10.8. The van der Waals surface area contributed by atoms with Crippen LogP contribution in [0.25, 0.3) is 0 Å². The lowest BCUT2D eigenvalue weighted by Gasteiger charge is -2.30. The normalized spacial score (nSPS) is 45.5. The van der Waals surface area contributed by atoms with Gasteiger partial charge in [-0.1, -0.05) is 0 Å². The molecule has 0 spiro atoms. The zero-order valence-electron chi connectivity index (χ0n) is 8.43. The minimum atomic E-state index is -0.516. The van der Waals surface area contributed by atoms with E-state index in [0.717, 1.165) is 0 Å². The number of rotatable bonds is 2. The van der Waals surface area contributed by atoms with Gasteiger partial charge in [-0.05, 0) is 6.92 Å². The Labute approximate surface area is 82.3 Å². The number of methoxy groups -OCH3 is 1. The number of ether oxygens (including phenoxy) is 4. The average Bonchev–Trinajstić information content (AvgIpc) is 2.88. The van der Waals surface area contributed by atoms with Crippen molar-refractivity contribution in [3.63, 3.8) is 0 Å². The van der Waals surface area contributed by atoms with Crippen molar-refractivity contribution in [2.75, 3.05) is 7.11 Å². The van der Waals surface area contributed by atoms with Gasteiger partial charge in [0.05, 0.1) is 6.10 Å². The Hall–Kier alpha value is -0.650. The number of esters is 1. The molecular formula is C9H14O5. The fourth-order valence-corrected chi connectivity index (χ4v) is 1.80. The lowest BCUT2D eigenvalue weighted by Crippen LogP contribution is -2.47. The van der Waals surface area contributed by atoms with Gasteiger partial charge in [0.15, 0.2) is 12.4 Å². The molecule has 0 aliphatic carbocycles. The molecule has 2 rings (SSSR count). The number of hydrogen-bond donors (Lipinski definition) is 0. The van der Waals surface area contributed by atoms with Gasteiger partial charge >= 0.3 is 5.97 Å². The third kappa shape index (κ3) is 1.63. The number of fused-ring (bicyclic) bond motifs is 1. The zero-order chi connectivity index (χ0) is 10.3. The van der Waals surface area contributed by atoms with Crippen molar-refractivity contribution in [1.29, 1.82) is 0 Å². The van der Waals surface area contributed by atoms with Crippen LogP contribution in [0.1, 0.15) is 13.8 Å². The van der Waals surface area contributed by atoms with Gasteiger partial charge in [-0.15, -0.1) is 0 Å². The van der Waals surface area contributed by atoms with Crippen molar-refractivity contribution >= 4 is 5.97 Å². The smallest absolute Gasteiger partial charge is 0.303 e. The number of epoxide rings is 1. The molecule has 0 saturated carbocycles. The predicted molar refractivity (Wildman–Crippen MR) is 45.6 cm³/mol. The fraction of sp³-hybridized carbons (Fsp3) is 0.889. The second-order valence-corrected chi connectivity index (χ2v) is 3.58. The van der Waals surface area contributed by atoms with E-state index < -0.39 is 12.4 Å². The van der Waals surface area contributed by atoms with Gasteiger partial charge in [0.1, 0.15) is 12.2 Å². The Morgan fingerprint density at radius 2 is 2.00 bits per heavy atom. The standard InChI is InChI=1S/C9H14O5/c1-4-6-7(14-6)8(13-5(2)10)9(11-3)12-4/h4,6-9H,1-3H3/t4-,6-,7-,8+,9-/m1/s1. The molecule has 5 nitrogen and oxygen atoms in total. The molecule has 5 heteroatoms. The molecule has 5 atom stereocenters. The van der Waals surface area contributed by atoms with E-state index in [9.17, 15) is 4.79 Å². The van der Waals surface area contributed by atoms with Crippen molar-refractivity contribution in [3.05, 3.63) is 0 Å². The van der Waals surface area contributed by atoms with Gasteiger partial charge in [0.2, 0.25) is 0 Å². The summed E-state index contributed by atoms with van der Waals surface area (Å²) in [5.74, 6) is -0.343. The minimum Gasteiger partial charge on any atom is -0.454 e. The summed E-state index contributed by atoms with van der Waals surface area (Å²) in [5.41, 5.74) is 0. The molecule has 2 aliphatic rings. The van der Waals surface area contributed by atoms with E-state index >= 15 is 0 Å². The Morgan fingerprint density at radius 1 is 1.29 bits per heavy atom. The maximum Gasteiger partial charge on any atom is 0.303 e. The van der Waals surface area contributed by atoms with Gasteiger partial charge in [-0.25, -0.2) is 0 Å². The summed E-state index contributed by atoms with van der Waals surface area (Å²) >= 11 is 0. The maximum absolute atomic E-state index is 10.8. The molecule has 2 aliphatic heterocycles. The van der Waals surface area contributed by atoms with Crippen molar-refractivity contribution < 1.29 is 23.7 Å². The molecule has 2 heterocycles. The van der Waals surface area contributed by atoms with Gasteiger partial charge in [0, 0.05) is 14.0 Å². The minimum absolute atomic E-state index is 0.00300. The van der Waals surface area contributed by atoms with Gasteiger partial charge in [-0.3, -0.25) is 4.79 Å². The van der Waals surface area contributed by atoms with Gasteiger partial charge in [-0.2, -0.15) is 0 Å². The van der Waals surface area contributed by atoms with E-state index in [1.54, 1.807) is 0 Å². The summed E-state index contributed by atoms with van der Waals surface area (Å²) < 4.78 is 21.0. The van der Waals surface area contributed by atoms with Gasteiger partial charge in [0.25, 0.3) is 0 Å². The van der Waals surface area contributed by atoms with Crippen LogP contribution in [-0.2, 0) is 23.7 Å². The first kappa shape index (κ1) is 9.89. The molecule has 2 saturated heterocycles. The van der Waals surface area contributed by atoms with Crippen LogP contribution in [0.3, 0.4) is 0 Å². The number of carbonyl (C=O) groups is 1. The molecule has 0 aromatic heterocycles. The predicted octanol–water partition coefficient (Wildman–Crippen LogP) is 0.0767. The summed E-state index contributed by atoms with van der Waals surface area (Å²) in [6.07, 6.45) is -0.966. The quantitative estimate of drug-likeness (QED) is 0.468. The molecule has 0 bridgehead atoms. The van der Waals surface area contributed by atoms with Crippen molar-refractivity contribution in [3.8, 4) is 0 Å². The first-order valence-corrected chi connectivity index (χ1v) is 4.64. The highest BCUT2D eigenvalue weighted by atomic mass is 16.7. The van der Waals surface area contributed by atoms with Crippen LogP contribution in [0, 0.1) is 0 Å². The number of carbonyl (C=O) groups excluding carboxylic acids is 1. The lowest BCUT2D eigenvalue weighted by atomic mass is 10.1. The molecule has 0 aromatic carbocycles. The Balaban J connectivity index is 2.02. The average molecular weight is 202 g/mol. The molecule has 0 radical (unpaired) electrons. The van der Waals surface area contributed by atoms with Crippen LogP contribution in [0.2, 0.25) is 0 Å². The largest absolute Gasteiger partial charge is 0.454 e. The molecule has 80 valence electrons. The van der Waals surface area contributed by atoms with Crippen LogP contribution in [0.15, 0.2) is 0 Å². The van der Waals surface area contributed by atoms with Crippen LogP contribution >= 0.6 is 0 Å². The highest BCUT2D eigenvalue weighted by molar-refractivity contribution is 5.66. The molecular weight excluding hydrogens is 188 g/mol. The molecule has 2 fully saturated rings. The monoisotopic (exact) mass is 202 g/mol. The maximum atomic E-state index is 10.8. The van der Waals surface area contributed by atoms with Crippen molar-refractivity contribution in [2.24, 2.45) is 0 Å². The summed E-state index contributed by atoms with van der Waals surface area (Å²) in [5, 5.41) is 0. The fourth-order valence-electron chi connectivity index (χ4n) is 1.80.